The maximum Gasteiger partial charge on any atom is 0.150 e. The monoisotopic (exact) mass is 198 g/mol. The lowest BCUT2D eigenvalue weighted by molar-refractivity contribution is 0.112. The molecule has 0 aliphatic carbocycles. The lowest BCUT2D eigenvalue weighted by Crippen LogP contribution is -1.92. The van der Waals surface area contributed by atoms with Gasteiger partial charge >= 0.3 is 0 Å². The summed E-state index contributed by atoms with van der Waals surface area (Å²) in [6.07, 6.45) is 0.915. The number of carbonyl (C=O) groups excluding carboxylic acids is 1. The van der Waals surface area contributed by atoms with Crippen LogP contribution < -0.4 is 0 Å². The van der Waals surface area contributed by atoms with Gasteiger partial charge in [0.25, 0.3) is 0 Å². The molecule has 0 spiro atoms. The van der Waals surface area contributed by atoms with Crippen LogP contribution in [0.3, 0.4) is 0 Å². The Morgan fingerprint density at radius 1 is 1.13 bits per heavy atom. The molecule has 15 heavy (non-hydrogen) atoms. The van der Waals surface area contributed by atoms with Gasteiger partial charge < -0.3 is 0 Å². The largest absolute Gasteiger partial charge is 0.298 e. The van der Waals surface area contributed by atoms with Gasteiger partial charge in [-0.1, -0.05) is 38.1 Å². The molecule has 0 saturated carbocycles. The third-order valence-electron chi connectivity index (χ3n) is 2.67. The van der Waals surface area contributed by atoms with Gasteiger partial charge in [-0.3, -0.25) is 4.79 Å². The van der Waals surface area contributed by atoms with Crippen molar-refractivity contribution >= 4 is 17.1 Å². The predicted molar refractivity (Wildman–Crippen MR) is 63.4 cm³/mol. The minimum absolute atomic E-state index is 0.440. The Morgan fingerprint density at radius 3 is 2.53 bits per heavy atom. The average molecular weight is 198 g/mol. The van der Waals surface area contributed by atoms with E-state index in [1.165, 1.54) is 10.9 Å². The Bertz CT molecular complexity index is 498. The molecule has 1 nitrogen and oxygen atoms in total. The summed E-state index contributed by atoms with van der Waals surface area (Å²) in [6.45, 7) is 4.30. The van der Waals surface area contributed by atoms with Crippen LogP contribution in [0.5, 0.6) is 0 Å². The van der Waals surface area contributed by atoms with Gasteiger partial charge in [-0.25, -0.2) is 0 Å². The second-order valence-electron chi connectivity index (χ2n) is 4.10. The number of aldehydes is 1. The molecule has 0 bridgehead atoms. The second-order valence-corrected chi connectivity index (χ2v) is 4.10. The first-order valence-corrected chi connectivity index (χ1v) is 5.20. The lowest BCUT2D eigenvalue weighted by atomic mass is 9.94. The molecule has 2 aromatic rings. The molecule has 0 fully saturated rings. The number of hydrogen-bond donors (Lipinski definition) is 0. The van der Waals surface area contributed by atoms with Crippen LogP contribution in [0.1, 0.15) is 35.7 Å². The molecule has 2 rings (SSSR count). The number of fused-ring (bicyclic) bond motifs is 1. The van der Waals surface area contributed by atoms with Crippen molar-refractivity contribution in [1.82, 2.24) is 0 Å². The summed E-state index contributed by atoms with van der Waals surface area (Å²) < 4.78 is 0. The topological polar surface area (TPSA) is 17.1 Å². The molecule has 1 heteroatoms. The first kappa shape index (κ1) is 9.91. The maximum absolute atomic E-state index is 10.8. The standard InChI is InChI=1S/C14H14O/c1-10(2)14-8-11(9-15)7-12-5-3-4-6-13(12)14/h3-10H,1-2H3. The van der Waals surface area contributed by atoms with Crippen molar-refractivity contribution in [3.63, 3.8) is 0 Å². The zero-order valence-corrected chi connectivity index (χ0v) is 9.03. The summed E-state index contributed by atoms with van der Waals surface area (Å²) in [4.78, 5) is 10.8. The van der Waals surface area contributed by atoms with E-state index in [4.69, 9.17) is 0 Å². The number of benzene rings is 2. The SMILES string of the molecule is CC(C)c1cc(C=O)cc2ccccc12. The first-order chi connectivity index (χ1) is 7.22. The molecule has 76 valence electrons. The highest BCUT2D eigenvalue weighted by atomic mass is 16.1. The molecule has 0 aliphatic heterocycles. The van der Waals surface area contributed by atoms with Crippen molar-refractivity contribution in [2.75, 3.05) is 0 Å². The van der Waals surface area contributed by atoms with E-state index in [1.807, 2.05) is 30.3 Å². The molecule has 0 aromatic heterocycles. The van der Waals surface area contributed by atoms with E-state index in [0.29, 0.717) is 5.92 Å². The van der Waals surface area contributed by atoms with Crippen molar-refractivity contribution < 1.29 is 4.79 Å². The molecule has 0 heterocycles. The molecule has 0 amide bonds. The van der Waals surface area contributed by atoms with Crippen molar-refractivity contribution in [3.05, 3.63) is 47.5 Å². The number of hydrogen-bond acceptors (Lipinski definition) is 1. The highest BCUT2D eigenvalue weighted by Crippen LogP contribution is 2.26. The molecule has 2 aromatic carbocycles. The molecule has 0 saturated heterocycles. The summed E-state index contributed by atoms with van der Waals surface area (Å²) in [5.74, 6) is 0.440. The van der Waals surface area contributed by atoms with E-state index < -0.39 is 0 Å². The van der Waals surface area contributed by atoms with Crippen LogP contribution in [0.15, 0.2) is 36.4 Å². The van der Waals surface area contributed by atoms with Crippen molar-refractivity contribution in [2.24, 2.45) is 0 Å². The zero-order chi connectivity index (χ0) is 10.8. The van der Waals surface area contributed by atoms with Crippen molar-refractivity contribution in [2.45, 2.75) is 19.8 Å². The van der Waals surface area contributed by atoms with Gasteiger partial charge in [0, 0.05) is 5.56 Å². The lowest BCUT2D eigenvalue weighted by Gasteiger charge is -2.10. The predicted octanol–water partition coefficient (Wildman–Crippen LogP) is 3.78. The van der Waals surface area contributed by atoms with Gasteiger partial charge in [-0.15, -0.1) is 0 Å². The fourth-order valence-electron chi connectivity index (χ4n) is 1.91. The van der Waals surface area contributed by atoms with Crippen LogP contribution >= 0.6 is 0 Å². The zero-order valence-electron chi connectivity index (χ0n) is 9.03. The van der Waals surface area contributed by atoms with Gasteiger partial charge in [-0.2, -0.15) is 0 Å². The molecule has 0 aliphatic rings. The van der Waals surface area contributed by atoms with E-state index in [9.17, 15) is 4.79 Å². The van der Waals surface area contributed by atoms with E-state index >= 15 is 0 Å². The van der Waals surface area contributed by atoms with Crippen molar-refractivity contribution in [3.8, 4) is 0 Å². The summed E-state index contributed by atoms with van der Waals surface area (Å²) in [7, 11) is 0. The third kappa shape index (κ3) is 1.78. The average Bonchev–Trinajstić information content (AvgIpc) is 2.27. The summed E-state index contributed by atoms with van der Waals surface area (Å²) in [5, 5.41) is 2.39. The molecular formula is C14H14O. The minimum Gasteiger partial charge on any atom is -0.298 e. The summed E-state index contributed by atoms with van der Waals surface area (Å²) >= 11 is 0. The first-order valence-electron chi connectivity index (χ1n) is 5.20. The molecule has 0 radical (unpaired) electrons. The summed E-state index contributed by atoms with van der Waals surface area (Å²) in [5.41, 5.74) is 2.01. The molecule has 0 N–H and O–H groups in total. The van der Waals surface area contributed by atoms with Gasteiger partial charge in [0.2, 0.25) is 0 Å². The third-order valence-corrected chi connectivity index (χ3v) is 2.67. The molecule has 0 unspecified atom stereocenters. The van der Waals surface area contributed by atoms with Crippen LogP contribution in [-0.4, -0.2) is 6.29 Å². The van der Waals surface area contributed by atoms with Gasteiger partial charge in [0.15, 0.2) is 0 Å². The second kappa shape index (κ2) is 3.85. The quantitative estimate of drug-likeness (QED) is 0.671. The Balaban J connectivity index is 2.80. The minimum atomic E-state index is 0.440. The van der Waals surface area contributed by atoms with E-state index in [-0.39, 0.29) is 0 Å². The number of carbonyl (C=O) groups is 1. The van der Waals surface area contributed by atoms with E-state index in [2.05, 4.69) is 19.9 Å². The smallest absolute Gasteiger partial charge is 0.150 e. The van der Waals surface area contributed by atoms with E-state index in [0.717, 1.165) is 17.2 Å². The Labute approximate surface area is 89.7 Å². The maximum atomic E-state index is 10.8. The fraction of sp³-hybridized carbons (Fsp3) is 0.214. The molecular weight excluding hydrogens is 184 g/mol. The van der Waals surface area contributed by atoms with E-state index in [1.54, 1.807) is 0 Å². The van der Waals surface area contributed by atoms with Crippen LogP contribution in [-0.2, 0) is 0 Å². The van der Waals surface area contributed by atoms with Crippen molar-refractivity contribution in [1.29, 1.82) is 0 Å². The van der Waals surface area contributed by atoms with Crippen LogP contribution in [0.2, 0.25) is 0 Å². The molecule has 0 atom stereocenters. The van der Waals surface area contributed by atoms with Crippen LogP contribution in [0.25, 0.3) is 10.8 Å². The van der Waals surface area contributed by atoms with Gasteiger partial charge in [-0.05, 0) is 34.4 Å². The van der Waals surface area contributed by atoms with Gasteiger partial charge in [0.1, 0.15) is 6.29 Å². The normalized spacial score (nSPS) is 10.9. The number of rotatable bonds is 2. The highest BCUT2D eigenvalue weighted by molar-refractivity contribution is 5.91. The highest BCUT2D eigenvalue weighted by Gasteiger charge is 2.06. The van der Waals surface area contributed by atoms with Crippen LogP contribution in [0, 0.1) is 0 Å². The Hall–Kier alpha value is -1.63. The Kier molecular flexibility index (Phi) is 2.55. The van der Waals surface area contributed by atoms with Gasteiger partial charge in [0.05, 0.1) is 0 Å². The van der Waals surface area contributed by atoms with Crippen LogP contribution in [0.4, 0.5) is 0 Å². The Morgan fingerprint density at radius 2 is 1.87 bits per heavy atom. The fourth-order valence-corrected chi connectivity index (χ4v) is 1.91. The summed E-state index contributed by atoms with van der Waals surface area (Å²) in [6, 6.07) is 12.1.